The van der Waals surface area contributed by atoms with Crippen LogP contribution in [-0.4, -0.2) is 32.2 Å². The fourth-order valence-electron chi connectivity index (χ4n) is 3.31. The van der Waals surface area contributed by atoms with Crippen LogP contribution in [-0.2, 0) is 27.2 Å². The zero-order chi connectivity index (χ0) is 21.3. The van der Waals surface area contributed by atoms with Crippen LogP contribution in [0.1, 0.15) is 36.5 Å². The van der Waals surface area contributed by atoms with E-state index in [9.17, 15) is 9.59 Å². The van der Waals surface area contributed by atoms with E-state index in [2.05, 4.69) is 5.32 Å². The Hall–Kier alpha value is -3.28. The minimum Gasteiger partial charge on any atom is -0.493 e. The summed E-state index contributed by atoms with van der Waals surface area (Å²) in [5.41, 5.74) is 4.10. The molecule has 2 aromatic carbocycles. The van der Waals surface area contributed by atoms with Gasteiger partial charge in [-0.15, -0.1) is 0 Å². The third-order valence-electron chi connectivity index (χ3n) is 4.79. The van der Waals surface area contributed by atoms with Crippen LogP contribution in [0, 0.1) is 0 Å². The second-order valence-corrected chi connectivity index (χ2v) is 7.09. The predicted molar refractivity (Wildman–Crippen MR) is 116 cm³/mol. The molecule has 1 amide bonds. The van der Waals surface area contributed by atoms with Gasteiger partial charge in [0.05, 0.1) is 13.7 Å². The molecule has 2 aromatic rings. The van der Waals surface area contributed by atoms with Gasteiger partial charge in [-0.2, -0.15) is 0 Å². The lowest BCUT2D eigenvalue weighted by atomic mass is 10.1. The fraction of sp³-hybridized carbons (Fsp3) is 0.333. The van der Waals surface area contributed by atoms with Crippen molar-refractivity contribution in [3.05, 3.63) is 59.2 Å². The van der Waals surface area contributed by atoms with Crippen LogP contribution < -0.4 is 14.8 Å². The third kappa shape index (κ3) is 5.86. The van der Waals surface area contributed by atoms with Crippen molar-refractivity contribution in [2.45, 2.75) is 32.6 Å². The van der Waals surface area contributed by atoms with E-state index in [-0.39, 0.29) is 12.5 Å². The minimum absolute atomic E-state index is 0.340. The Morgan fingerprint density at radius 2 is 1.90 bits per heavy atom. The van der Waals surface area contributed by atoms with Crippen LogP contribution in [0.3, 0.4) is 0 Å². The van der Waals surface area contributed by atoms with Crippen molar-refractivity contribution in [3.63, 3.8) is 0 Å². The van der Waals surface area contributed by atoms with Gasteiger partial charge in [0, 0.05) is 11.8 Å². The summed E-state index contributed by atoms with van der Waals surface area (Å²) in [7, 11) is 1.56. The molecule has 6 nitrogen and oxygen atoms in total. The number of anilines is 1. The number of ether oxygens (including phenoxy) is 3. The average Bonchev–Trinajstić information content (AvgIpc) is 3.23. The first kappa shape index (κ1) is 21.4. The molecule has 6 heteroatoms. The van der Waals surface area contributed by atoms with Crippen LogP contribution in [0.5, 0.6) is 11.5 Å². The number of carbonyl (C=O) groups is 2. The Balaban J connectivity index is 1.49. The van der Waals surface area contributed by atoms with Crippen LogP contribution in [0.25, 0.3) is 6.08 Å². The molecule has 0 aliphatic heterocycles. The summed E-state index contributed by atoms with van der Waals surface area (Å²) in [5, 5.41) is 2.77. The molecular weight excluding hydrogens is 382 g/mol. The highest BCUT2D eigenvalue weighted by molar-refractivity contribution is 5.94. The van der Waals surface area contributed by atoms with E-state index in [4.69, 9.17) is 14.2 Å². The zero-order valence-electron chi connectivity index (χ0n) is 17.4. The van der Waals surface area contributed by atoms with Crippen molar-refractivity contribution in [1.29, 1.82) is 0 Å². The molecule has 0 unspecified atom stereocenters. The lowest BCUT2D eigenvalue weighted by Gasteiger charge is -2.10. The number of hydrogen-bond acceptors (Lipinski definition) is 5. The van der Waals surface area contributed by atoms with Crippen molar-refractivity contribution >= 4 is 23.6 Å². The Bertz CT molecular complexity index is 935. The average molecular weight is 409 g/mol. The number of nitrogens with one attached hydrogen (secondary N) is 1. The second kappa shape index (κ2) is 10.5. The second-order valence-electron chi connectivity index (χ2n) is 7.09. The summed E-state index contributed by atoms with van der Waals surface area (Å²) in [6.45, 7) is 2.29. The van der Waals surface area contributed by atoms with E-state index in [1.165, 1.54) is 17.2 Å². The standard InChI is InChI=1S/C24H27NO5/c1-3-13-29-21-11-7-17(14-22(21)28-2)8-12-24(27)30-16-23(26)25-20-10-9-18-5-4-6-19(18)15-20/h7-12,14-15H,3-6,13,16H2,1-2H3,(H,25,26)/b12-8+. The number of hydrogen-bond donors (Lipinski definition) is 1. The molecule has 0 fully saturated rings. The Kier molecular flexibility index (Phi) is 7.49. The number of methoxy groups -OCH3 is 1. The number of fused-ring (bicyclic) bond motifs is 1. The van der Waals surface area contributed by atoms with E-state index in [1.54, 1.807) is 25.3 Å². The SMILES string of the molecule is CCCOc1ccc(/C=C/C(=O)OCC(=O)Nc2ccc3c(c2)CCC3)cc1OC. The Labute approximate surface area is 176 Å². The highest BCUT2D eigenvalue weighted by Crippen LogP contribution is 2.28. The number of benzene rings is 2. The van der Waals surface area contributed by atoms with Crippen molar-refractivity contribution in [2.24, 2.45) is 0 Å². The number of rotatable bonds is 9. The van der Waals surface area contributed by atoms with E-state index in [0.29, 0.717) is 18.1 Å². The minimum atomic E-state index is -0.593. The summed E-state index contributed by atoms with van der Waals surface area (Å²) in [6.07, 6.45) is 7.06. The first-order chi connectivity index (χ1) is 14.6. The van der Waals surface area contributed by atoms with E-state index < -0.39 is 5.97 Å². The van der Waals surface area contributed by atoms with E-state index in [0.717, 1.165) is 36.9 Å². The number of amides is 1. The largest absolute Gasteiger partial charge is 0.493 e. The molecule has 0 saturated heterocycles. The number of esters is 1. The predicted octanol–water partition coefficient (Wildman–Crippen LogP) is 4.17. The topological polar surface area (TPSA) is 73.9 Å². The highest BCUT2D eigenvalue weighted by Gasteiger charge is 2.12. The molecule has 0 aromatic heterocycles. The van der Waals surface area contributed by atoms with Gasteiger partial charge in [-0.3, -0.25) is 4.79 Å². The normalized spacial score (nSPS) is 12.5. The monoisotopic (exact) mass is 409 g/mol. The summed E-state index contributed by atoms with van der Waals surface area (Å²) < 4.78 is 16.0. The summed E-state index contributed by atoms with van der Waals surface area (Å²) in [6, 6.07) is 11.3. The van der Waals surface area contributed by atoms with Crippen molar-refractivity contribution < 1.29 is 23.8 Å². The van der Waals surface area contributed by atoms with Gasteiger partial charge in [-0.25, -0.2) is 4.79 Å². The van der Waals surface area contributed by atoms with Gasteiger partial charge in [0.2, 0.25) is 0 Å². The zero-order valence-corrected chi connectivity index (χ0v) is 17.4. The summed E-state index contributed by atoms with van der Waals surface area (Å²) in [5.74, 6) is 0.285. The Morgan fingerprint density at radius 3 is 2.70 bits per heavy atom. The molecular formula is C24H27NO5. The first-order valence-electron chi connectivity index (χ1n) is 10.2. The molecule has 1 N–H and O–H groups in total. The van der Waals surface area contributed by atoms with Gasteiger partial charge in [-0.1, -0.05) is 19.1 Å². The lowest BCUT2D eigenvalue weighted by molar-refractivity contribution is -0.142. The Morgan fingerprint density at radius 1 is 1.07 bits per heavy atom. The van der Waals surface area contributed by atoms with Crippen LogP contribution >= 0.6 is 0 Å². The van der Waals surface area contributed by atoms with Crippen molar-refractivity contribution in [1.82, 2.24) is 0 Å². The van der Waals surface area contributed by atoms with Crippen molar-refractivity contribution in [2.75, 3.05) is 25.6 Å². The van der Waals surface area contributed by atoms with Crippen LogP contribution in [0.4, 0.5) is 5.69 Å². The summed E-state index contributed by atoms with van der Waals surface area (Å²) in [4.78, 5) is 24.0. The third-order valence-corrected chi connectivity index (χ3v) is 4.79. The van der Waals surface area contributed by atoms with Gasteiger partial charge < -0.3 is 19.5 Å². The quantitative estimate of drug-likeness (QED) is 0.497. The highest BCUT2D eigenvalue weighted by atomic mass is 16.5. The van der Waals surface area contributed by atoms with Gasteiger partial charge in [0.25, 0.3) is 5.91 Å². The van der Waals surface area contributed by atoms with Crippen molar-refractivity contribution in [3.8, 4) is 11.5 Å². The molecule has 30 heavy (non-hydrogen) atoms. The molecule has 1 aliphatic rings. The molecule has 0 heterocycles. The van der Waals surface area contributed by atoms with Gasteiger partial charge in [-0.05, 0) is 72.7 Å². The van der Waals surface area contributed by atoms with E-state index in [1.807, 2.05) is 31.2 Å². The molecule has 0 spiro atoms. The lowest BCUT2D eigenvalue weighted by Crippen LogP contribution is -2.20. The van der Waals surface area contributed by atoms with Crippen LogP contribution in [0.15, 0.2) is 42.5 Å². The number of carbonyl (C=O) groups excluding carboxylic acids is 2. The molecule has 158 valence electrons. The number of aryl methyl sites for hydroxylation is 2. The molecule has 0 saturated carbocycles. The maximum Gasteiger partial charge on any atom is 0.331 e. The fourth-order valence-corrected chi connectivity index (χ4v) is 3.31. The molecule has 0 bridgehead atoms. The maximum absolute atomic E-state index is 12.1. The van der Waals surface area contributed by atoms with E-state index >= 15 is 0 Å². The maximum atomic E-state index is 12.1. The molecule has 0 atom stereocenters. The van der Waals surface area contributed by atoms with Gasteiger partial charge in [0.1, 0.15) is 0 Å². The first-order valence-corrected chi connectivity index (χ1v) is 10.2. The van der Waals surface area contributed by atoms with Crippen LogP contribution in [0.2, 0.25) is 0 Å². The van der Waals surface area contributed by atoms with Gasteiger partial charge >= 0.3 is 5.97 Å². The smallest absolute Gasteiger partial charge is 0.331 e. The summed E-state index contributed by atoms with van der Waals surface area (Å²) >= 11 is 0. The van der Waals surface area contributed by atoms with Gasteiger partial charge in [0.15, 0.2) is 18.1 Å². The molecule has 3 rings (SSSR count). The molecule has 1 aliphatic carbocycles. The molecule has 0 radical (unpaired) electrons.